The first-order valence-electron chi connectivity index (χ1n) is 12.9. The van der Waals surface area contributed by atoms with Crippen molar-refractivity contribution >= 4 is 24.5 Å². The average Bonchev–Trinajstić information content (AvgIpc) is 2.89. The minimum absolute atomic E-state index is 0.185. The molecule has 0 spiro atoms. The molecule has 0 bridgehead atoms. The Labute approximate surface area is 224 Å². The lowest BCUT2D eigenvalue weighted by molar-refractivity contribution is 0.0458. The molecule has 0 aliphatic rings. The Morgan fingerprint density at radius 2 is 0.921 bits per heavy atom. The Morgan fingerprint density at radius 3 is 1.32 bits per heavy atom. The summed E-state index contributed by atoms with van der Waals surface area (Å²) >= 11 is 0. The van der Waals surface area contributed by atoms with E-state index < -0.39 is 24.5 Å². The lowest BCUT2D eigenvalue weighted by atomic mass is 10.2. The molecule has 0 aliphatic heterocycles. The largest absolute Gasteiger partial charge is 0.510 e. The second-order valence-corrected chi connectivity index (χ2v) is 7.62. The SMILES string of the molecule is CCCCOC(=O)NCOC(=O)OCCCCC#CC#CCCCCOC(=O)OCNC(=O)OCCCC. The molecule has 0 saturated carbocycles. The first-order chi connectivity index (χ1) is 18.5. The summed E-state index contributed by atoms with van der Waals surface area (Å²) in [4.78, 5) is 45.3. The predicted molar refractivity (Wildman–Crippen MR) is 137 cm³/mol. The fourth-order valence-corrected chi connectivity index (χ4v) is 2.27. The topological polar surface area (TPSA) is 148 Å². The van der Waals surface area contributed by atoms with Crippen LogP contribution in [0.4, 0.5) is 19.2 Å². The Hall–Kier alpha value is -3.80. The molecule has 2 N–H and O–H groups in total. The van der Waals surface area contributed by atoms with Gasteiger partial charge in [-0.05, 0) is 50.4 Å². The fourth-order valence-electron chi connectivity index (χ4n) is 2.27. The van der Waals surface area contributed by atoms with Crippen LogP contribution in [0.5, 0.6) is 0 Å². The number of unbranched alkanes of at least 4 members (excludes halogenated alkanes) is 6. The highest BCUT2D eigenvalue weighted by Gasteiger charge is 2.07. The van der Waals surface area contributed by atoms with Crippen molar-refractivity contribution in [1.82, 2.24) is 10.6 Å². The van der Waals surface area contributed by atoms with Gasteiger partial charge in [-0.3, -0.25) is 10.6 Å². The van der Waals surface area contributed by atoms with Crippen molar-refractivity contribution in [3.63, 3.8) is 0 Å². The van der Waals surface area contributed by atoms with E-state index in [2.05, 4.69) is 34.3 Å². The van der Waals surface area contributed by atoms with Crippen LogP contribution in [0.25, 0.3) is 0 Å². The lowest BCUT2D eigenvalue weighted by Gasteiger charge is -2.08. The molecule has 0 aromatic carbocycles. The summed E-state index contributed by atoms with van der Waals surface area (Å²) in [6.45, 7) is 4.33. The van der Waals surface area contributed by atoms with E-state index in [0.29, 0.717) is 38.9 Å². The fraction of sp³-hybridized carbons (Fsp3) is 0.692. The van der Waals surface area contributed by atoms with E-state index in [4.69, 9.17) is 28.4 Å². The average molecular weight is 541 g/mol. The highest BCUT2D eigenvalue weighted by Crippen LogP contribution is 1.98. The van der Waals surface area contributed by atoms with Crippen LogP contribution in [0.1, 0.15) is 78.1 Å². The molecule has 0 unspecified atom stereocenters. The highest BCUT2D eigenvalue weighted by molar-refractivity contribution is 5.68. The maximum absolute atomic E-state index is 11.4. The normalized spacial score (nSPS) is 9.42. The number of ether oxygens (including phenoxy) is 6. The van der Waals surface area contributed by atoms with Crippen LogP contribution < -0.4 is 10.6 Å². The van der Waals surface area contributed by atoms with Gasteiger partial charge in [0, 0.05) is 12.8 Å². The molecule has 0 radical (unpaired) electrons. The van der Waals surface area contributed by atoms with Gasteiger partial charge in [0.2, 0.25) is 0 Å². The van der Waals surface area contributed by atoms with E-state index in [1.54, 1.807) is 0 Å². The van der Waals surface area contributed by atoms with Gasteiger partial charge in [-0.15, -0.1) is 0 Å². The molecule has 0 aliphatic carbocycles. The molecular formula is C26H40N2O10. The van der Waals surface area contributed by atoms with Crippen LogP contribution >= 0.6 is 0 Å². The standard InChI is InChI=1S/C26H40N2O10/c1-3-5-17-33-23(29)27-21-37-25(31)35-19-15-13-11-9-7-8-10-12-14-16-20-36-26(32)38-22-28-24(30)34-18-6-4-2/h3-6,11-22H2,1-2H3,(H,27,29)(H,28,30). The minimum atomic E-state index is -0.866. The first kappa shape index (κ1) is 34.2. The molecular weight excluding hydrogens is 500 g/mol. The maximum atomic E-state index is 11.4. The van der Waals surface area contributed by atoms with Crippen molar-refractivity contribution < 1.29 is 47.6 Å². The van der Waals surface area contributed by atoms with Gasteiger partial charge in [-0.25, -0.2) is 19.2 Å². The Balaban J connectivity index is 3.55. The number of carbonyl (C=O) groups excluding carboxylic acids is 4. The number of hydrogen-bond acceptors (Lipinski definition) is 10. The number of rotatable bonds is 18. The third-order valence-electron chi connectivity index (χ3n) is 4.35. The maximum Gasteiger partial charge on any atom is 0.510 e. The van der Waals surface area contributed by atoms with Gasteiger partial charge in [-0.2, -0.15) is 0 Å². The molecule has 0 fully saturated rings. The molecule has 0 aromatic heterocycles. The molecule has 0 rings (SSSR count). The van der Waals surface area contributed by atoms with Gasteiger partial charge in [0.05, 0.1) is 26.4 Å². The second-order valence-electron chi connectivity index (χ2n) is 7.62. The number of nitrogens with one attached hydrogen (secondary N) is 2. The lowest BCUT2D eigenvalue weighted by Crippen LogP contribution is -2.28. The van der Waals surface area contributed by atoms with Gasteiger partial charge < -0.3 is 28.4 Å². The van der Waals surface area contributed by atoms with Crippen molar-refractivity contribution in [2.75, 3.05) is 39.9 Å². The molecule has 0 saturated heterocycles. The summed E-state index contributed by atoms with van der Waals surface area (Å²) < 4.78 is 28.9. The Bertz CT molecular complexity index is 729. The third-order valence-corrected chi connectivity index (χ3v) is 4.35. The van der Waals surface area contributed by atoms with Gasteiger partial charge in [0.25, 0.3) is 0 Å². The zero-order valence-corrected chi connectivity index (χ0v) is 22.4. The van der Waals surface area contributed by atoms with Crippen molar-refractivity contribution in [3.8, 4) is 23.7 Å². The van der Waals surface area contributed by atoms with E-state index in [0.717, 1.165) is 38.5 Å². The van der Waals surface area contributed by atoms with Crippen LogP contribution in [-0.2, 0) is 28.4 Å². The molecule has 214 valence electrons. The van der Waals surface area contributed by atoms with Gasteiger partial charge in [0.15, 0.2) is 13.5 Å². The predicted octanol–water partition coefficient (Wildman–Crippen LogP) is 4.61. The number of amides is 2. The van der Waals surface area contributed by atoms with E-state index in [-0.39, 0.29) is 26.7 Å². The van der Waals surface area contributed by atoms with Crippen LogP contribution in [0, 0.1) is 23.7 Å². The minimum Gasteiger partial charge on any atom is -0.449 e. The highest BCUT2D eigenvalue weighted by atomic mass is 16.7. The van der Waals surface area contributed by atoms with E-state index in [9.17, 15) is 19.2 Å². The summed E-state index contributed by atoms with van der Waals surface area (Å²) in [6.07, 6.45) is 4.25. The number of carbonyl (C=O) groups is 4. The second kappa shape index (κ2) is 26.3. The van der Waals surface area contributed by atoms with Gasteiger partial charge in [-0.1, -0.05) is 38.5 Å². The van der Waals surface area contributed by atoms with Crippen LogP contribution in [0.3, 0.4) is 0 Å². The Morgan fingerprint density at radius 1 is 0.526 bits per heavy atom. The van der Waals surface area contributed by atoms with Crippen molar-refractivity contribution in [3.05, 3.63) is 0 Å². The molecule has 12 heteroatoms. The quantitative estimate of drug-likeness (QED) is 0.0830. The smallest absolute Gasteiger partial charge is 0.449 e. The summed E-state index contributed by atoms with van der Waals surface area (Å²) in [6, 6.07) is 0. The first-order valence-corrected chi connectivity index (χ1v) is 12.9. The molecule has 0 heterocycles. The van der Waals surface area contributed by atoms with E-state index in [1.807, 2.05) is 13.8 Å². The summed E-state index contributed by atoms with van der Waals surface area (Å²) in [7, 11) is 0. The van der Waals surface area contributed by atoms with Crippen LogP contribution in [0.15, 0.2) is 0 Å². The van der Waals surface area contributed by atoms with Crippen molar-refractivity contribution in [1.29, 1.82) is 0 Å². The van der Waals surface area contributed by atoms with Crippen molar-refractivity contribution in [2.45, 2.75) is 78.1 Å². The third kappa shape index (κ3) is 25.3. The molecule has 2 amide bonds. The molecule has 0 atom stereocenters. The van der Waals surface area contributed by atoms with E-state index >= 15 is 0 Å². The van der Waals surface area contributed by atoms with Crippen LogP contribution in [0.2, 0.25) is 0 Å². The van der Waals surface area contributed by atoms with E-state index in [1.165, 1.54) is 0 Å². The summed E-state index contributed by atoms with van der Waals surface area (Å²) in [5.41, 5.74) is 0. The van der Waals surface area contributed by atoms with Crippen molar-refractivity contribution in [2.24, 2.45) is 0 Å². The summed E-state index contributed by atoms with van der Waals surface area (Å²) in [5, 5.41) is 4.57. The molecule has 38 heavy (non-hydrogen) atoms. The van der Waals surface area contributed by atoms with Gasteiger partial charge in [0.1, 0.15) is 0 Å². The molecule has 0 aromatic rings. The monoisotopic (exact) mass is 540 g/mol. The van der Waals surface area contributed by atoms with Gasteiger partial charge >= 0.3 is 24.5 Å². The zero-order chi connectivity index (χ0) is 28.1. The Kier molecular flexibility index (Phi) is 23.6. The number of hydrogen-bond donors (Lipinski definition) is 2. The summed E-state index contributed by atoms with van der Waals surface area (Å²) in [5.74, 6) is 11.3. The van der Waals surface area contributed by atoms with Crippen LogP contribution in [-0.4, -0.2) is 64.4 Å². The molecule has 12 nitrogen and oxygen atoms in total. The number of alkyl carbamates (subject to hydrolysis) is 2. The zero-order valence-electron chi connectivity index (χ0n) is 22.4.